The molecule has 0 bridgehead atoms. The number of hydrogen-bond acceptors (Lipinski definition) is 2. The zero-order chi connectivity index (χ0) is 17.6. The Labute approximate surface area is 156 Å². The Balaban J connectivity index is 1.52. The van der Waals surface area contributed by atoms with Crippen LogP contribution in [-0.4, -0.2) is 29.4 Å². The molecule has 0 radical (unpaired) electrons. The van der Waals surface area contributed by atoms with Crippen molar-refractivity contribution in [1.29, 1.82) is 0 Å². The van der Waals surface area contributed by atoms with Crippen molar-refractivity contribution < 1.29 is 0 Å². The summed E-state index contributed by atoms with van der Waals surface area (Å²) in [4.78, 5) is 5.22. The Bertz CT molecular complexity index is 786. The molecule has 2 heteroatoms. The van der Waals surface area contributed by atoms with Crippen molar-refractivity contribution in [3.8, 4) is 0 Å². The van der Waals surface area contributed by atoms with E-state index < -0.39 is 0 Å². The molecule has 0 aromatic heterocycles. The molecule has 3 aromatic carbocycles. The SMILES string of the molecule is c1ccc(CN2CCN(Cc3ccccc3)C(c3ccccc3)C2)cc1. The molecule has 0 N–H and O–H groups in total. The molecular weight excluding hydrogens is 316 g/mol. The molecule has 0 saturated carbocycles. The van der Waals surface area contributed by atoms with Crippen LogP contribution in [0, 0.1) is 0 Å². The maximum atomic E-state index is 2.63. The molecular formula is C24H26N2. The van der Waals surface area contributed by atoms with Crippen LogP contribution in [0.5, 0.6) is 0 Å². The molecule has 1 aliphatic heterocycles. The molecule has 0 amide bonds. The van der Waals surface area contributed by atoms with Gasteiger partial charge in [-0.1, -0.05) is 91.0 Å². The predicted molar refractivity (Wildman–Crippen MR) is 108 cm³/mol. The lowest BCUT2D eigenvalue weighted by atomic mass is 10.0. The van der Waals surface area contributed by atoms with Crippen LogP contribution in [-0.2, 0) is 13.1 Å². The highest BCUT2D eigenvalue weighted by Gasteiger charge is 2.28. The van der Waals surface area contributed by atoms with Crippen molar-refractivity contribution in [2.75, 3.05) is 19.6 Å². The van der Waals surface area contributed by atoms with E-state index in [0.29, 0.717) is 6.04 Å². The summed E-state index contributed by atoms with van der Waals surface area (Å²) < 4.78 is 0. The summed E-state index contributed by atoms with van der Waals surface area (Å²) in [5, 5.41) is 0. The van der Waals surface area contributed by atoms with Crippen molar-refractivity contribution >= 4 is 0 Å². The molecule has 1 saturated heterocycles. The monoisotopic (exact) mass is 342 g/mol. The summed E-state index contributed by atoms with van der Waals surface area (Å²) in [6, 6.07) is 33.1. The first-order valence-electron chi connectivity index (χ1n) is 9.48. The predicted octanol–water partition coefficient (Wildman–Crippen LogP) is 4.75. The first-order valence-corrected chi connectivity index (χ1v) is 9.48. The van der Waals surface area contributed by atoms with Crippen LogP contribution in [0.4, 0.5) is 0 Å². The van der Waals surface area contributed by atoms with Crippen LogP contribution in [0.15, 0.2) is 91.0 Å². The fourth-order valence-electron chi connectivity index (χ4n) is 3.86. The lowest BCUT2D eigenvalue weighted by Crippen LogP contribution is -2.47. The van der Waals surface area contributed by atoms with Gasteiger partial charge in [-0.15, -0.1) is 0 Å². The first kappa shape index (κ1) is 17.0. The van der Waals surface area contributed by atoms with Crippen molar-refractivity contribution in [2.45, 2.75) is 19.1 Å². The van der Waals surface area contributed by atoms with Gasteiger partial charge in [0.15, 0.2) is 0 Å². The molecule has 4 rings (SSSR count). The second-order valence-corrected chi connectivity index (χ2v) is 7.10. The largest absolute Gasteiger partial charge is 0.296 e. The molecule has 132 valence electrons. The van der Waals surface area contributed by atoms with Crippen molar-refractivity contribution in [1.82, 2.24) is 9.80 Å². The number of piperazine rings is 1. The van der Waals surface area contributed by atoms with Crippen LogP contribution in [0.2, 0.25) is 0 Å². The Hall–Kier alpha value is -2.42. The summed E-state index contributed by atoms with van der Waals surface area (Å²) in [6.07, 6.45) is 0. The zero-order valence-electron chi connectivity index (χ0n) is 15.2. The van der Waals surface area contributed by atoms with E-state index in [1.54, 1.807) is 0 Å². The van der Waals surface area contributed by atoms with Crippen LogP contribution in [0.25, 0.3) is 0 Å². The van der Waals surface area contributed by atoms with Gasteiger partial charge in [-0.25, -0.2) is 0 Å². The van der Waals surface area contributed by atoms with Crippen molar-refractivity contribution in [3.63, 3.8) is 0 Å². The highest BCUT2D eigenvalue weighted by atomic mass is 15.3. The van der Waals surface area contributed by atoms with Gasteiger partial charge in [0.05, 0.1) is 0 Å². The summed E-state index contributed by atoms with van der Waals surface area (Å²) in [7, 11) is 0. The fraction of sp³-hybridized carbons (Fsp3) is 0.250. The third-order valence-electron chi connectivity index (χ3n) is 5.24. The quantitative estimate of drug-likeness (QED) is 0.660. The second kappa shape index (κ2) is 8.31. The van der Waals surface area contributed by atoms with E-state index in [-0.39, 0.29) is 0 Å². The molecule has 1 atom stereocenters. The highest BCUT2D eigenvalue weighted by Crippen LogP contribution is 2.27. The summed E-state index contributed by atoms with van der Waals surface area (Å²) in [5.41, 5.74) is 4.21. The van der Waals surface area contributed by atoms with E-state index >= 15 is 0 Å². The highest BCUT2D eigenvalue weighted by molar-refractivity contribution is 5.22. The van der Waals surface area contributed by atoms with Gasteiger partial charge in [0.2, 0.25) is 0 Å². The third kappa shape index (κ3) is 4.21. The van der Waals surface area contributed by atoms with E-state index in [4.69, 9.17) is 0 Å². The van der Waals surface area contributed by atoms with Gasteiger partial charge in [0, 0.05) is 38.8 Å². The lowest BCUT2D eigenvalue weighted by Gasteiger charge is -2.42. The molecule has 1 aliphatic rings. The van der Waals surface area contributed by atoms with Crippen molar-refractivity contribution in [3.05, 3.63) is 108 Å². The third-order valence-corrected chi connectivity index (χ3v) is 5.24. The molecule has 0 spiro atoms. The van der Waals surface area contributed by atoms with Crippen LogP contribution in [0.3, 0.4) is 0 Å². The maximum absolute atomic E-state index is 2.63. The number of rotatable bonds is 5. The minimum Gasteiger partial charge on any atom is -0.296 e. The molecule has 0 aliphatic carbocycles. The normalized spacial score (nSPS) is 18.7. The van der Waals surface area contributed by atoms with E-state index in [1.165, 1.54) is 16.7 Å². The van der Waals surface area contributed by atoms with Crippen LogP contribution >= 0.6 is 0 Å². The topological polar surface area (TPSA) is 6.48 Å². The average Bonchev–Trinajstić information content (AvgIpc) is 2.71. The van der Waals surface area contributed by atoms with Gasteiger partial charge in [-0.05, 0) is 16.7 Å². The first-order chi connectivity index (χ1) is 12.9. The Morgan fingerprint density at radius 3 is 1.77 bits per heavy atom. The van der Waals surface area contributed by atoms with Gasteiger partial charge in [-0.2, -0.15) is 0 Å². The van der Waals surface area contributed by atoms with Gasteiger partial charge < -0.3 is 0 Å². The average molecular weight is 342 g/mol. The zero-order valence-corrected chi connectivity index (χ0v) is 15.2. The van der Waals surface area contributed by atoms with Gasteiger partial charge in [0.1, 0.15) is 0 Å². The Morgan fingerprint density at radius 2 is 1.15 bits per heavy atom. The molecule has 26 heavy (non-hydrogen) atoms. The second-order valence-electron chi connectivity index (χ2n) is 7.10. The van der Waals surface area contributed by atoms with E-state index in [1.807, 2.05) is 0 Å². The molecule has 1 fully saturated rings. The summed E-state index contributed by atoms with van der Waals surface area (Å²) >= 11 is 0. The minimum atomic E-state index is 0.439. The Morgan fingerprint density at radius 1 is 0.615 bits per heavy atom. The van der Waals surface area contributed by atoms with E-state index in [2.05, 4.69) is 101 Å². The van der Waals surface area contributed by atoms with E-state index in [9.17, 15) is 0 Å². The van der Waals surface area contributed by atoms with Crippen LogP contribution < -0.4 is 0 Å². The number of benzene rings is 3. The number of nitrogens with zero attached hydrogens (tertiary/aromatic N) is 2. The standard InChI is InChI=1S/C24H26N2/c1-4-10-21(11-5-1)18-25-16-17-26(19-22-12-6-2-7-13-22)24(20-25)23-14-8-3-9-15-23/h1-15,24H,16-20H2. The lowest BCUT2D eigenvalue weighted by molar-refractivity contribution is 0.0636. The molecule has 1 heterocycles. The smallest absolute Gasteiger partial charge is 0.0479 e. The molecule has 3 aromatic rings. The number of hydrogen-bond donors (Lipinski definition) is 0. The molecule has 2 nitrogen and oxygen atoms in total. The fourth-order valence-corrected chi connectivity index (χ4v) is 3.86. The van der Waals surface area contributed by atoms with Gasteiger partial charge >= 0.3 is 0 Å². The van der Waals surface area contributed by atoms with Gasteiger partial charge in [0.25, 0.3) is 0 Å². The summed E-state index contributed by atoms with van der Waals surface area (Å²) in [6.45, 7) is 5.33. The summed E-state index contributed by atoms with van der Waals surface area (Å²) in [5.74, 6) is 0. The van der Waals surface area contributed by atoms with Crippen LogP contribution in [0.1, 0.15) is 22.7 Å². The minimum absolute atomic E-state index is 0.439. The maximum Gasteiger partial charge on any atom is 0.0479 e. The van der Waals surface area contributed by atoms with Gasteiger partial charge in [-0.3, -0.25) is 9.80 Å². The van der Waals surface area contributed by atoms with E-state index in [0.717, 1.165) is 32.7 Å². The Kier molecular flexibility index (Phi) is 5.44. The van der Waals surface area contributed by atoms with Crippen molar-refractivity contribution in [2.24, 2.45) is 0 Å². The molecule has 1 unspecified atom stereocenters.